The lowest BCUT2D eigenvalue weighted by Gasteiger charge is -2.21. The minimum atomic E-state index is -0.170. The van der Waals surface area contributed by atoms with Crippen LogP contribution in [0.25, 0.3) is 56.4 Å². The molecule has 2 heteroatoms. The van der Waals surface area contributed by atoms with E-state index in [1.54, 1.807) is 0 Å². The van der Waals surface area contributed by atoms with Crippen molar-refractivity contribution in [3.63, 3.8) is 0 Å². The first-order valence-electron chi connectivity index (χ1n) is 14.1. The standard InChI is InChI=1S/C38H30O2/c1-22(24-11-7-5-8-12-24)17-33-23(2)29-18-27-19-31-32(21-30(27)36(29)39-33)38(3,4)35-28-16-15-26(20-34(28)40-37(31)35)25-13-9-6-10-14-25/h5-17,19-21H,18H2,1-4H3/b22-17+. The second-order valence-corrected chi connectivity index (χ2v) is 11.8. The molecule has 2 nitrogen and oxygen atoms in total. The van der Waals surface area contributed by atoms with Gasteiger partial charge in [0, 0.05) is 39.5 Å². The van der Waals surface area contributed by atoms with Gasteiger partial charge in [0.25, 0.3) is 0 Å². The summed E-state index contributed by atoms with van der Waals surface area (Å²) in [7, 11) is 0. The van der Waals surface area contributed by atoms with Crippen LogP contribution in [-0.2, 0) is 11.8 Å². The summed E-state index contributed by atoms with van der Waals surface area (Å²) in [5, 5.41) is 1.20. The number of allylic oxidation sites excluding steroid dienone is 1. The maximum absolute atomic E-state index is 6.65. The Kier molecular flexibility index (Phi) is 4.80. The van der Waals surface area contributed by atoms with Gasteiger partial charge >= 0.3 is 0 Å². The van der Waals surface area contributed by atoms with Crippen molar-refractivity contribution < 1.29 is 8.83 Å². The summed E-state index contributed by atoms with van der Waals surface area (Å²) in [6, 6.07) is 32.4. The quantitative estimate of drug-likeness (QED) is 0.233. The second kappa shape index (κ2) is 8.22. The average molecular weight is 519 g/mol. The topological polar surface area (TPSA) is 26.3 Å². The fraction of sp³-hybridized carbons (Fsp3) is 0.158. The highest BCUT2D eigenvalue weighted by molar-refractivity contribution is 5.97. The third-order valence-electron chi connectivity index (χ3n) is 9.08. The molecule has 0 bridgehead atoms. The van der Waals surface area contributed by atoms with Gasteiger partial charge in [0.2, 0.25) is 0 Å². The van der Waals surface area contributed by atoms with Crippen molar-refractivity contribution in [3.8, 4) is 33.8 Å². The van der Waals surface area contributed by atoms with Crippen molar-refractivity contribution in [2.75, 3.05) is 0 Å². The molecular weight excluding hydrogens is 488 g/mol. The van der Waals surface area contributed by atoms with Crippen LogP contribution in [0.2, 0.25) is 0 Å². The molecule has 0 atom stereocenters. The fourth-order valence-corrected chi connectivity index (χ4v) is 6.87. The number of fused-ring (bicyclic) bond motifs is 8. The van der Waals surface area contributed by atoms with Crippen LogP contribution >= 0.6 is 0 Å². The van der Waals surface area contributed by atoms with Gasteiger partial charge in [0.15, 0.2) is 0 Å². The van der Waals surface area contributed by atoms with Crippen LogP contribution in [0.15, 0.2) is 99.8 Å². The van der Waals surface area contributed by atoms with Gasteiger partial charge in [-0.1, -0.05) is 86.6 Å². The van der Waals surface area contributed by atoms with Crippen molar-refractivity contribution in [2.45, 2.75) is 39.5 Å². The lowest BCUT2D eigenvalue weighted by molar-refractivity contribution is 0.569. The zero-order valence-electron chi connectivity index (χ0n) is 23.3. The smallest absolute Gasteiger partial charge is 0.139 e. The molecule has 4 aromatic carbocycles. The zero-order valence-corrected chi connectivity index (χ0v) is 23.3. The highest BCUT2D eigenvalue weighted by Crippen LogP contribution is 2.56. The van der Waals surface area contributed by atoms with E-state index in [1.807, 2.05) is 0 Å². The van der Waals surface area contributed by atoms with E-state index in [-0.39, 0.29) is 5.41 Å². The van der Waals surface area contributed by atoms with Crippen molar-refractivity contribution in [1.29, 1.82) is 0 Å². The molecule has 2 heterocycles. The van der Waals surface area contributed by atoms with Crippen molar-refractivity contribution in [1.82, 2.24) is 0 Å². The van der Waals surface area contributed by atoms with Gasteiger partial charge < -0.3 is 8.83 Å². The molecular formula is C38H30O2. The Morgan fingerprint density at radius 3 is 2.30 bits per heavy atom. The van der Waals surface area contributed by atoms with Gasteiger partial charge in [-0.05, 0) is 77.1 Å². The van der Waals surface area contributed by atoms with E-state index in [2.05, 4.69) is 125 Å². The van der Waals surface area contributed by atoms with Crippen LogP contribution in [0.5, 0.6) is 0 Å². The van der Waals surface area contributed by atoms with E-state index in [0.717, 1.165) is 29.3 Å². The number of rotatable bonds is 3. The maximum atomic E-state index is 6.65. The van der Waals surface area contributed by atoms with Crippen LogP contribution in [-0.4, -0.2) is 0 Å². The van der Waals surface area contributed by atoms with E-state index in [1.165, 1.54) is 66.6 Å². The van der Waals surface area contributed by atoms with E-state index < -0.39 is 0 Å². The number of hydrogen-bond acceptors (Lipinski definition) is 2. The lowest BCUT2D eigenvalue weighted by Crippen LogP contribution is -2.15. The SMILES string of the molecule is C/C(=C\c1oc2c(c1C)Cc1cc3c(cc1-2)C(C)(C)c1c-3oc2cc(-c3ccccc3)ccc12)c1ccccc1. The van der Waals surface area contributed by atoms with Crippen molar-refractivity contribution in [3.05, 3.63) is 130 Å². The lowest BCUT2D eigenvalue weighted by atomic mass is 9.80. The molecule has 0 amide bonds. The van der Waals surface area contributed by atoms with Crippen LogP contribution in [0.1, 0.15) is 59.9 Å². The largest absolute Gasteiger partial charge is 0.456 e. The van der Waals surface area contributed by atoms with Gasteiger partial charge in [0.05, 0.1) is 0 Å². The normalized spacial score (nSPS) is 14.8. The first-order valence-corrected chi connectivity index (χ1v) is 14.1. The minimum Gasteiger partial charge on any atom is -0.456 e. The van der Waals surface area contributed by atoms with Gasteiger partial charge in [-0.3, -0.25) is 0 Å². The Hall–Kier alpha value is -4.56. The van der Waals surface area contributed by atoms with Crippen molar-refractivity contribution in [2.24, 2.45) is 0 Å². The second-order valence-electron chi connectivity index (χ2n) is 11.8. The van der Waals surface area contributed by atoms with E-state index in [0.29, 0.717) is 0 Å². The summed E-state index contributed by atoms with van der Waals surface area (Å²) in [5.41, 5.74) is 14.5. The van der Waals surface area contributed by atoms with Gasteiger partial charge in [-0.2, -0.15) is 0 Å². The van der Waals surface area contributed by atoms with Crippen molar-refractivity contribution >= 4 is 22.6 Å². The van der Waals surface area contributed by atoms with Crippen LogP contribution in [0.4, 0.5) is 0 Å². The zero-order chi connectivity index (χ0) is 27.2. The van der Waals surface area contributed by atoms with Crippen LogP contribution < -0.4 is 0 Å². The molecule has 0 spiro atoms. The molecule has 6 aromatic rings. The summed E-state index contributed by atoms with van der Waals surface area (Å²) in [6.07, 6.45) is 3.07. The van der Waals surface area contributed by atoms with Gasteiger partial charge in [-0.25, -0.2) is 0 Å². The van der Waals surface area contributed by atoms with E-state index in [4.69, 9.17) is 8.83 Å². The number of furan rings is 2. The molecule has 2 aliphatic rings. The predicted molar refractivity (Wildman–Crippen MR) is 164 cm³/mol. The predicted octanol–water partition coefficient (Wildman–Crippen LogP) is 10.4. The maximum Gasteiger partial charge on any atom is 0.139 e. The Morgan fingerprint density at radius 2 is 1.52 bits per heavy atom. The number of benzene rings is 4. The third-order valence-corrected chi connectivity index (χ3v) is 9.08. The third kappa shape index (κ3) is 3.23. The molecule has 194 valence electrons. The molecule has 2 aliphatic carbocycles. The Morgan fingerprint density at radius 1 is 0.775 bits per heavy atom. The Bertz CT molecular complexity index is 2000. The molecule has 0 N–H and O–H groups in total. The molecule has 2 aromatic heterocycles. The molecule has 0 saturated heterocycles. The Balaban J connectivity index is 1.22. The summed E-state index contributed by atoms with van der Waals surface area (Å²) in [6.45, 7) is 8.99. The summed E-state index contributed by atoms with van der Waals surface area (Å²) < 4.78 is 13.2. The fourth-order valence-electron chi connectivity index (χ4n) is 6.87. The average Bonchev–Trinajstić information content (AvgIpc) is 3.67. The molecule has 0 fully saturated rings. The summed E-state index contributed by atoms with van der Waals surface area (Å²) in [5.74, 6) is 3.01. The van der Waals surface area contributed by atoms with Crippen LogP contribution in [0.3, 0.4) is 0 Å². The summed E-state index contributed by atoms with van der Waals surface area (Å²) >= 11 is 0. The molecule has 0 aliphatic heterocycles. The van der Waals surface area contributed by atoms with Crippen LogP contribution in [0, 0.1) is 6.92 Å². The monoisotopic (exact) mass is 518 g/mol. The molecule has 40 heavy (non-hydrogen) atoms. The van der Waals surface area contributed by atoms with E-state index >= 15 is 0 Å². The number of hydrogen-bond donors (Lipinski definition) is 0. The molecule has 0 radical (unpaired) electrons. The first-order chi connectivity index (χ1) is 19.4. The van der Waals surface area contributed by atoms with E-state index in [9.17, 15) is 0 Å². The molecule has 8 rings (SSSR count). The highest BCUT2D eigenvalue weighted by Gasteiger charge is 2.42. The summed E-state index contributed by atoms with van der Waals surface area (Å²) in [4.78, 5) is 0. The van der Waals surface area contributed by atoms with Gasteiger partial charge in [-0.15, -0.1) is 0 Å². The van der Waals surface area contributed by atoms with Gasteiger partial charge in [0.1, 0.15) is 22.9 Å². The molecule has 0 unspecified atom stereocenters. The first kappa shape index (κ1) is 23.3. The Labute approximate surface area is 234 Å². The highest BCUT2D eigenvalue weighted by atomic mass is 16.3. The minimum absolute atomic E-state index is 0.170. The molecule has 0 saturated carbocycles.